The third-order valence-electron chi connectivity index (χ3n) is 3.83. The maximum absolute atomic E-state index is 11.3. The first-order valence-corrected chi connectivity index (χ1v) is 6.85. The molecule has 1 aliphatic heterocycles. The summed E-state index contributed by atoms with van der Waals surface area (Å²) in [4.78, 5) is 24.2. The van der Waals surface area contributed by atoms with Gasteiger partial charge in [-0.05, 0) is 31.2 Å². The molecule has 2 N–H and O–H groups in total. The molecule has 0 bridgehead atoms. The monoisotopic (exact) mass is 277 g/mol. The number of rotatable bonds is 5. The van der Waals surface area contributed by atoms with Crippen molar-refractivity contribution in [1.29, 1.82) is 0 Å². The maximum Gasteiger partial charge on any atom is 0.320 e. The minimum atomic E-state index is -0.927. The Morgan fingerprint density at radius 3 is 2.10 bits per heavy atom. The van der Waals surface area contributed by atoms with Crippen LogP contribution in [-0.4, -0.2) is 45.7 Å². The predicted octanol–water partition coefficient (Wildman–Crippen LogP) is 1.62. The number of nitrogens with zero attached hydrogens (tertiary/aromatic N) is 1. The molecule has 2 unspecified atom stereocenters. The summed E-state index contributed by atoms with van der Waals surface area (Å²) in [5.74, 6) is -1.85. The summed E-state index contributed by atoms with van der Waals surface area (Å²) < 4.78 is 0. The fourth-order valence-electron chi connectivity index (χ4n) is 2.80. The van der Waals surface area contributed by atoms with Crippen molar-refractivity contribution in [3.8, 4) is 0 Å². The molecule has 0 amide bonds. The van der Waals surface area contributed by atoms with Crippen molar-refractivity contribution in [2.75, 3.05) is 6.54 Å². The van der Waals surface area contributed by atoms with Crippen LogP contribution in [0.4, 0.5) is 0 Å². The Bertz CT molecular complexity index is 452. The summed E-state index contributed by atoms with van der Waals surface area (Å²) in [6.07, 6.45) is 2.35. The molecular formula is C15H19NO4. The largest absolute Gasteiger partial charge is 0.480 e. The molecular weight excluding hydrogens is 258 g/mol. The van der Waals surface area contributed by atoms with E-state index in [-0.39, 0.29) is 0 Å². The summed E-state index contributed by atoms with van der Waals surface area (Å²) in [7, 11) is 0. The highest BCUT2D eigenvalue weighted by Crippen LogP contribution is 2.24. The van der Waals surface area contributed by atoms with Crippen molar-refractivity contribution in [3.05, 3.63) is 35.9 Å². The van der Waals surface area contributed by atoms with Gasteiger partial charge in [-0.3, -0.25) is 14.5 Å². The highest BCUT2D eigenvalue weighted by Gasteiger charge is 2.38. The summed E-state index contributed by atoms with van der Waals surface area (Å²) >= 11 is 0. The predicted molar refractivity (Wildman–Crippen MR) is 73.6 cm³/mol. The fourth-order valence-corrected chi connectivity index (χ4v) is 2.80. The second kappa shape index (κ2) is 6.52. The average Bonchev–Trinajstić information content (AvgIpc) is 2.45. The number of carbonyl (C=O) groups is 2. The minimum absolute atomic E-state index is 0.456. The van der Waals surface area contributed by atoms with E-state index in [0.29, 0.717) is 32.2 Å². The lowest BCUT2D eigenvalue weighted by Crippen LogP contribution is -2.54. The van der Waals surface area contributed by atoms with Crippen LogP contribution in [0.15, 0.2) is 30.3 Å². The normalized spacial score (nSPS) is 23.4. The van der Waals surface area contributed by atoms with E-state index in [9.17, 15) is 19.8 Å². The molecule has 108 valence electrons. The lowest BCUT2D eigenvalue weighted by molar-refractivity contribution is -0.153. The van der Waals surface area contributed by atoms with Gasteiger partial charge in [0.15, 0.2) is 0 Å². The number of carboxylic acid groups (broad SMARTS) is 2. The lowest BCUT2D eigenvalue weighted by atomic mass is 9.94. The van der Waals surface area contributed by atoms with Crippen LogP contribution in [0, 0.1) is 0 Å². The number of piperidine rings is 1. The van der Waals surface area contributed by atoms with Crippen molar-refractivity contribution in [2.24, 2.45) is 0 Å². The Labute approximate surface area is 117 Å². The second-order valence-corrected chi connectivity index (χ2v) is 5.11. The molecule has 1 heterocycles. The molecule has 1 aromatic carbocycles. The smallest absolute Gasteiger partial charge is 0.320 e. The summed E-state index contributed by atoms with van der Waals surface area (Å²) in [5, 5.41) is 18.5. The first kappa shape index (κ1) is 14.5. The Hall–Kier alpha value is -1.88. The van der Waals surface area contributed by atoms with Gasteiger partial charge in [0.25, 0.3) is 0 Å². The molecule has 0 aliphatic carbocycles. The van der Waals surface area contributed by atoms with Gasteiger partial charge >= 0.3 is 11.9 Å². The summed E-state index contributed by atoms with van der Waals surface area (Å²) in [5.41, 5.74) is 1.09. The van der Waals surface area contributed by atoms with E-state index in [1.807, 2.05) is 30.3 Å². The van der Waals surface area contributed by atoms with Crippen molar-refractivity contribution < 1.29 is 19.8 Å². The van der Waals surface area contributed by atoms with E-state index < -0.39 is 24.0 Å². The summed E-state index contributed by atoms with van der Waals surface area (Å²) in [6.45, 7) is 0.456. The molecule has 1 aliphatic rings. The number of carboxylic acids is 2. The maximum atomic E-state index is 11.3. The van der Waals surface area contributed by atoms with E-state index in [4.69, 9.17) is 0 Å². The van der Waals surface area contributed by atoms with Gasteiger partial charge in [-0.25, -0.2) is 0 Å². The zero-order valence-electron chi connectivity index (χ0n) is 11.2. The van der Waals surface area contributed by atoms with Crippen LogP contribution in [0.2, 0.25) is 0 Å². The van der Waals surface area contributed by atoms with Crippen LogP contribution in [0.3, 0.4) is 0 Å². The van der Waals surface area contributed by atoms with E-state index in [1.165, 1.54) is 0 Å². The fraction of sp³-hybridized carbons (Fsp3) is 0.467. The Balaban J connectivity index is 2.09. The van der Waals surface area contributed by atoms with Gasteiger partial charge in [-0.1, -0.05) is 30.3 Å². The molecule has 2 rings (SSSR count). The molecule has 1 fully saturated rings. The van der Waals surface area contributed by atoms with Crippen LogP contribution >= 0.6 is 0 Å². The van der Waals surface area contributed by atoms with Crippen molar-refractivity contribution in [2.45, 2.75) is 37.8 Å². The molecule has 0 saturated carbocycles. The molecule has 1 saturated heterocycles. The number of benzene rings is 1. The number of likely N-dealkylation sites (tertiary alicyclic amines) is 1. The molecule has 5 nitrogen and oxygen atoms in total. The first-order valence-electron chi connectivity index (χ1n) is 6.85. The molecule has 5 heteroatoms. The third-order valence-corrected chi connectivity index (χ3v) is 3.83. The molecule has 2 atom stereocenters. The van der Waals surface area contributed by atoms with E-state index in [0.717, 1.165) is 5.56 Å². The van der Waals surface area contributed by atoms with Gasteiger partial charge in [0.1, 0.15) is 12.1 Å². The number of hydrogen-bond donors (Lipinski definition) is 2. The standard InChI is InChI=1S/C15H19NO4/c17-14(18)12-7-4-8-13(15(19)20)16(12)10-9-11-5-2-1-3-6-11/h1-3,5-6,12-13H,4,7-10H2,(H,17,18)(H,19,20). The van der Waals surface area contributed by atoms with Crippen LogP contribution in [0.5, 0.6) is 0 Å². The average molecular weight is 277 g/mol. The first-order chi connectivity index (χ1) is 9.59. The van der Waals surface area contributed by atoms with E-state index in [1.54, 1.807) is 4.90 Å². The quantitative estimate of drug-likeness (QED) is 0.855. The third kappa shape index (κ3) is 3.36. The van der Waals surface area contributed by atoms with E-state index in [2.05, 4.69) is 0 Å². The van der Waals surface area contributed by atoms with Crippen LogP contribution in [0.1, 0.15) is 24.8 Å². The van der Waals surface area contributed by atoms with Gasteiger partial charge < -0.3 is 10.2 Å². The SMILES string of the molecule is O=C(O)C1CCCC(C(=O)O)N1CCc1ccccc1. The van der Waals surface area contributed by atoms with Gasteiger partial charge in [-0.15, -0.1) is 0 Å². The number of aliphatic carboxylic acids is 2. The topological polar surface area (TPSA) is 77.8 Å². The van der Waals surface area contributed by atoms with Crippen LogP contribution in [0.25, 0.3) is 0 Å². The highest BCUT2D eigenvalue weighted by atomic mass is 16.4. The Morgan fingerprint density at radius 1 is 1.05 bits per heavy atom. The zero-order chi connectivity index (χ0) is 14.5. The zero-order valence-corrected chi connectivity index (χ0v) is 11.2. The van der Waals surface area contributed by atoms with E-state index >= 15 is 0 Å². The van der Waals surface area contributed by atoms with Crippen molar-refractivity contribution in [1.82, 2.24) is 4.90 Å². The Morgan fingerprint density at radius 2 is 1.60 bits per heavy atom. The molecule has 0 aromatic heterocycles. The van der Waals surface area contributed by atoms with Crippen molar-refractivity contribution in [3.63, 3.8) is 0 Å². The van der Waals surface area contributed by atoms with Crippen molar-refractivity contribution >= 4 is 11.9 Å². The van der Waals surface area contributed by atoms with Gasteiger partial charge in [0.05, 0.1) is 0 Å². The van der Waals surface area contributed by atoms with Gasteiger partial charge in [0, 0.05) is 6.54 Å². The number of hydrogen-bond acceptors (Lipinski definition) is 3. The summed E-state index contributed by atoms with van der Waals surface area (Å²) in [6, 6.07) is 8.33. The van der Waals surface area contributed by atoms with Gasteiger partial charge in [-0.2, -0.15) is 0 Å². The molecule has 0 radical (unpaired) electrons. The molecule has 20 heavy (non-hydrogen) atoms. The highest BCUT2D eigenvalue weighted by molar-refractivity contribution is 5.78. The minimum Gasteiger partial charge on any atom is -0.480 e. The lowest BCUT2D eigenvalue weighted by Gasteiger charge is -2.37. The second-order valence-electron chi connectivity index (χ2n) is 5.11. The Kier molecular flexibility index (Phi) is 4.74. The molecule has 0 spiro atoms. The van der Waals surface area contributed by atoms with Gasteiger partial charge in [0.2, 0.25) is 0 Å². The van der Waals surface area contributed by atoms with Crippen LogP contribution < -0.4 is 0 Å². The van der Waals surface area contributed by atoms with Crippen LogP contribution in [-0.2, 0) is 16.0 Å². The molecule has 1 aromatic rings.